The van der Waals surface area contributed by atoms with Gasteiger partial charge in [-0.1, -0.05) is 6.92 Å². The van der Waals surface area contributed by atoms with Crippen LogP contribution in [-0.4, -0.2) is 12.3 Å². The van der Waals surface area contributed by atoms with Crippen LogP contribution in [0.25, 0.3) is 0 Å². The van der Waals surface area contributed by atoms with Crippen LogP contribution in [0.15, 0.2) is 0 Å². The molecule has 0 aromatic carbocycles. The Bertz CT molecular complexity index is 54.0. The zero-order valence-electron chi connectivity index (χ0n) is 4.26. The zero-order chi connectivity index (χ0) is 5.70. The molecule has 0 aliphatic rings. The van der Waals surface area contributed by atoms with Crippen molar-refractivity contribution in [2.24, 2.45) is 5.73 Å². The molecule has 0 bridgehead atoms. The van der Waals surface area contributed by atoms with Gasteiger partial charge < -0.3 is 10.5 Å². The fourth-order valence-electron chi connectivity index (χ4n) is 0.241. The summed E-state index contributed by atoms with van der Waals surface area (Å²) in [6.07, 6.45) is 1.89. The van der Waals surface area contributed by atoms with Crippen LogP contribution in [0.2, 0.25) is 0 Å². The van der Waals surface area contributed by atoms with E-state index in [-0.39, 0.29) is 6.04 Å². The first-order valence-electron chi connectivity index (χ1n) is 2.29. The maximum atomic E-state index is 9.67. The summed E-state index contributed by atoms with van der Waals surface area (Å²) in [4.78, 5) is 9.67. The second-order valence-electron chi connectivity index (χ2n) is 1.45. The summed E-state index contributed by atoms with van der Waals surface area (Å²) in [6, 6.07) is -0.0301. The van der Waals surface area contributed by atoms with E-state index in [4.69, 9.17) is 5.73 Å². The molecule has 0 spiro atoms. The first-order valence-corrected chi connectivity index (χ1v) is 2.29. The number of carbonyl (C=O) groups excluding carboxylic acids is 1. The standard InChI is InChI=1S/C5H10NO/c1-2-5(6)3-4-7/h4-5H,1-3,6H2. The number of aldehydes is 1. The fourth-order valence-corrected chi connectivity index (χ4v) is 0.241. The minimum absolute atomic E-state index is 0.0301. The lowest BCUT2D eigenvalue weighted by atomic mass is 10.2. The van der Waals surface area contributed by atoms with E-state index in [2.05, 4.69) is 6.92 Å². The van der Waals surface area contributed by atoms with Crippen molar-refractivity contribution in [2.45, 2.75) is 18.9 Å². The van der Waals surface area contributed by atoms with E-state index in [0.717, 1.165) is 6.29 Å². The number of hydrogen-bond donors (Lipinski definition) is 1. The molecule has 1 radical (unpaired) electrons. The Kier molecular flexibility index (Phi) is 3.61. The number of rotatable bonds is 3. The molecule has 0 amide bonds. The third-order valence-electron chi connectivity index (χ3n) is 0.770. The molecule has 0 aliphatic heterocycles. The van der Waals surface area contributed by atoms with Gasteiger partial charge in [-0.15, -0.1) is 0 Å². The summed E-state index contributed by atoms with van der Waals surface area (Å²) in [5.74, 6) is 0. The van der Waals surface area contributed by atoms with Crippen molar-refractivity contribution in [1.29, 1.82) is 0 Å². The number of carbonyl (C=O) groups is 1. The van der Waals surface area contributed by atoms with Gasteiger partial charge in [0.25, 0.3) is 0 Å². The van der Waals surface area contributed by atoms with Crippen molar-refractivity contribution in [3.05, 3.63) is 6.92 Å². The highest BCUT2D eigenvalue weighted by Gasteiger charge is 1.93. The van der Waals surface area contributed by atoms with Gasteiger partial charge in [-0.3, -0.25) is 0 Å². The maximum Gasteiger partial charge on any atom is 0.121 e. The lowest BCUT2D eigenvalue weighted by Crippen LogP contribution is -2.18. The molecule has 0 saturated heterocycles. The molecular weight excluding hydrogens is 90.1 g/mol. The predicted octanol–water partition coefficient (Wildman–Crippen LogP) is 0.127. The quantitative estimate of drug-likeness (QED) is 0.512. The molecule has 2 nitrogen and oxygen atoms in total. The van der Waals surface area contributed by atoms with Crippen LogP contribution in [0.4, 0.5) is 0 Å². The minimum atomic E-state index is -0.0301. The highest BCUT2D eigenvalue weighted by Crippen LogP contribution is 1.86. The number of nitrogens with two attached hydrogens (primary N) is 1. The van der Waals surface area contributed by atoms with Crippen LogP contribution >= 0.6 is 0 Å². The molecule has 2 heteroatoms. The average Bonchev–Trinajstić information content (AvgIpc) is 1.68. The zero-order valence-corrected chi connectivity index (χ0v) is 4.26. The lowest BCUT2D eigenvalue weighted by molar-refractivity contribution is -0.108. The molecule has 0 fully saturated rings. The van der Waals surface area contributed by atoms with E-state index in [1.54, 1.807) is 0 Å². The van der Waals surface area contributed by atoms with Crippen molar-refractivity contribution in [2.75, 3.05) is 0 Å². The van der Waals surface area contributed by atoms with Gasteiger partial charge in [0.1, 0.15) is 6.29 Å². The van der Waals surface area contributed by atoms with Crippen molar-refractivity contribution in [3.8, 4) is 0 Å². The van der Waals surface area contributed by atoms with Crippen molar-refractivity contribution >= 4 is 6.29 Å². The Morgan fingerprint density at radius 2 is 2.43 bits per heavy atom. The van der Waals surface area contributed by atoms with Gasteiger partial charge in [0.2, 0.25) is 0 Å². The first-order chi connectivity index (χ1) is 3.31. The molecule has 0 saturated carbocycles. The molecule has 0 rings (SSSR count). The third kappa shape index (κ3) is 3.46. The maximum absolute atomic E-state index is 9.67. The summed E-state index contributed by atoms with van der Waals surface area (Å²) in [5, 5.41) is 0. The molecule has 0 aliphatic carbocycles. The van der Waals surface area contributed by atoms with Crippen LogP contribution in [0.3, 0.4) is 0 Å². The highest BCUT2D eigenvalue weighted by molar-refractivity contribution is 5.50. The van der Waals surface area contributed by atoms with Gasteiger partial charge in [-0.05, 0) is 6.42 Å². The summed E-state index contributed by atoms with van der Waals surface area (Å²) >= 11 is 0. The van der Waals surface area contributed by atoms with Gasteiger partial charge in [-0.2, -0.15) is 0 Å². The topological polar surface area (TPSA) is 43.1 Å². The molecule has 7 heavy (non-hydrogen) atoms. The van der Waals surface area contributed by atoms with E-state index in [9.17, 15) is 4.79 Å². The number of hydrogen-bond acceptors (Lipinski definition) is 2. The van der Waals surface area contributed by atoms with Gasteiger partial charge in [0.15, 0.2) is 0 Å². The van der Waals surface area contributed by atoms with Crippen molar-refractivity contribution < 1.29 is 4.79 Å². The van der Waals surface area contributed by atoms with E-state index < -0.39 is 0 Å². The van der Waals surface area contributed by atoms with E-state index in [1.165, 1.54) is 0 Å². The Morgan fingerprint density at radius 1 is 1.86 bits per heavy atom. The van der Waals surface area contributed by atoms with E-state index >= 15 is 0 Å². The largest absolute Gasteiger partial charge is 0.327 e. The summed E-state index contributed by atoms with van der Waals surface area (Å²) in [5.41, 5.74) is 5.29. The minimum Gasteiger partial charge on any atom is -0.327 e. The Morgan fingerprint density at radius 3 is 2.57 bits per heavy atom. The molecule has 0 heterocycles. The second-order valence-corrected chi connectivity index (χ2v) is 1.45. The van der Waals surface area contributed by atoms with Crippen molar-refractivity contribution in [3.63, 3.8) is 0 Å². The van der Waals surface area contributed by atoms with Gasteiger partial charge >= 0.3 is 0 Å². The molecule has 2 N–H and O–H groups in total. The van der Waals surface area contributed by atoms with Crippen LogP contribution in [-0.2, 0) is 4.79 Å². The summed E-state index contributed by atoms with van der Waals surface area (Å²) in [7, 11) is 0. The molecule has 1 unspecified atom stereocenters. The average molecular weight is 100 g/mol. The van der Waals surface area contributed by atoms with Crippen molar-refractivity contribution in [1.82, 2.24) is 0 Å². The van der Waals surface area contributed by atoms with Gasteiger partial charge in [-0.25, -0.2) is 0 Å². The normalized spacial score (nSPS) is 13.4. The van der Waals surface area contributed by atoms with Crippen LogP contribution < -0.4 is 5.73 Å². The fraction of sp³-hybridized carbons (Fsp3) is 0.600. The van der Waals surface area contributed by atoms with Crippen LogP contribution in [0.1, 0.15) is 12.8 Å². The van der Waals surface area contributed by atoms with Crippen LogP contribution in [0.5, 0.6) is 0 Å². The Hall–Kier alpha value is -0.370. The Balaban J connectivity index is 2.98. The second kappa shape index (κ2) is 3.81. The summed E-state index contributed by atoms with van der Waals surface area (Å²) < 4.78 is 0. The van der Waals surface area contributed by atoms with Crippen LogP contribution in [0, 0.1) is 6.92 Å². The molecular formula is C5H10NO. The monoisotopic (exact) mass is 100 g/mol. The van der Waals surface area contributed by atoms with E-state index in [0.29, 0.717) is 12.8 Å². The SMILES string of the molecule is [CH2]CC(N)CC=O. The van der Waals surface area contributed by atoms with E-state index in [1.807, 2.05) is 0 Å². The smallest absolute Gasteiger partial charge is 0.121 e. The highest BCUT2D eigenvalue weighted by atomic mass is 16.1. The van der Waals surface area contributed by atoms with Gasteiger partial charge in [0.05, 0.1) is 0 Å². The molecule has 41 valence electrons. The Labute approximate surface area is 43.7 Å². The third-order valence-corrected chi connectivity index (χ3v) is 0.770. The predicted molar refractivity (Wildman–Crippen MR) is 28.6 cm³/mol. The molecule has 0 aromatic rings. The lowest BCUT2D eigenvalue weighted by Gasteiger charge is -1.98. The molecule has 1 atom stereocenters. The summed E-state index contributed by atoms with van der Waals surface area (Å²) in [6.45, 7) is 3.52. The van der Waals surface area contributed by atoms with Gasteiger partial charge in [0, 0.05) is 12.5 Å². The molecule has 0 aromatic heterocycles. The first kappa shape index (κ1) is 6.63.